The summed E-state index contributed by atoms with van der Waals surface area (Å²) < 4.78 is 24.7. The lowest BCUT2D eigenvalue weighted by Crippen LogP contribution is -2.11. The third-order valence-electron chi connectivity index (χ3n) is 3.55. The van der Waals surface area contributed by atoms with E-state index in [1.165, 1.54) is 0 Å². The van der Waals surface area contributed by atoms with Gasteiger partial charge in [0.05, 0.1) is 33.3 Å². The van der Waals surface area contributed by atoms with Gasteiger partial charge in [-0.1, -0.05) is 35.3 Å². The van der Waals surface area contributed by atoms with Crippen LogP contribution in [-0.4, -0.2) is 29.7 Å². The molecule has 2 aromatic rings. The number of rotatable bonds is 2. The predicted molar refractivity (Wildman–Crippen MR) is 84.4 cm³/mol. The van der Waals surface area contributed by atoms with E-state index >= 15 is 0 Å². The Balaban J connectivity index is 2.01. The van der Waals surface area contributed by atoms with Crippen molar-refractivity contribution < 1.29 is 8.42 Å². The molecule has 0 bridgehead atoms. The van der Waals surface area contributed by atoms with Gasteiger partial charge < -0.3 is 5.73 Å². The molecule has 0 amide bonds. The van der Waals surface area contributed by atoms with E-state index in [4.69, 9.17) is 28.9 Å². The molecule has 3 rings (SSSR count). The minimum atomic E-state index is -2.98. The summed E-state index contributed by atoms with van der Waals surface area (Å²) in [7, 11) is -2.98. The Morgan fingerprint density at radius 1 is 1.33 bits per heavy atom. The molecule has 0 spiro atoms. The maximum Gasteiger partial charge on any atom is 0.152 e. The predicted octanol–water partition coefficient (Wildman–Crippen LogP) is 2.80. The van der Waals surface area contributed by atoms with Crippen molar-refractivity contribution in [2.75, 3.05) is 17.2 Å². The number of anilines is 1. The minimum absolute atomic E-state index is 0.0941. The molecule has 2 heterocycles. The van der Waals surface area contributed by atoms with E-state index in [1.807, 2.05) is 0 Å². The molecule has 21 heavy (non-hydrogen) atoms. The van der Waals surface area contributed by atoms with E-state index in [2.05, 4.69) is 5.10 Å². The van der Waals surface area contributed by atoms with Crippen LogP contribution in [0.25, 0.3) is 11.3 Å². The summed E-state index contributed by atoms with van der Waals surface area (Å²) in [5.74, 6) is 0.279. The van der Waals surface area contributed by atoms with E-state index in [-0.39, 0.29) is 17.5 Å². The average molecular weight is 346 g/mol. The van der Waals surface area contributed by atoms with Crippen LogP contribution in [0.3, 0.4) is 0 Å². The van der Waals surface area contributed by atoms with Gasteiger partial charge >= 0.3 is 0 Å². The zero-order valence-electron chi connectivity index (χ0n) is 11.0. The van der Waals surface area contributed by atoms with Crippen molar-refractivity contribution in [3.8, 4) is 11.3 Å². The molecule has 1 fully saturated rings. The second-order valence-electron chi connectivity index (χ2n) is 5.07. The van der Waals surface area contributed by atoms with Crippen molar-refractivity contribution in [3.63, 3.8) is 0 Å². The van der Waals surface area contributed by atoms with E-state index in [0.717, 1.165) is 0 Å². The highest BCUT2D eigenvalue weighted by Crippen LogP contribution is 2.36. The number of halogens is 2. The van der Waals surface area contributed by atoms with E-state index in [9.17, 15) is 8.42 Å². The molecule has 0 radical (unpaired) electrons. The van der Waals surface area contributed by atoms with Crippen molar-refractivity contribution in [1.82, 2.24) is 9.78 Å². The first-order chi connectivity index (χ1) is 9.87. The van der Waals surface area contributed by atoms with Crippen LogP contribution in [0.1, 0.15) is 12.5 Å². The molecule has 1 aromatic carbocycles. The summed E-state index contributed by atoms with van der Waals surface area (Å²) in [4.78, 5) is 0. The highest BCUT2D eigenvalue weighted by atomic mass is 35.5. The molecule has 5 nitrogen and oxygen atoms in total. The zero-order valence-corrected chi connectivity index (χ0v) is 13.3. The van der Waals surface area contributed by atoms with Crippen molar-refractivity contribution in [2.45, 2.75) is 12.5 Å². The summed E-state index contributed by atoms with van der Waals surface area (Å²) >= 11 is 12.2. The van der Waals surface area contributed by atoms with E-state index in [1.54, 1.807) is 29.1 Å². The topological polar surface area (TPSA) is 78.0 Å². The standard InChI is InChI=1S/C13H13Cl2N3O2S/c14-10-3-1-2-9(12(10)15)13-11(16)6-18(17-13)8-4-5-21(19,20)7-8/h1-3,6,8H,4-5,7,16H2. The molecule has 8 heteroatoms. The first-order valence-electron chi connectivity index (χ1n) is 6.37. The smallest absolute Gasteiger partial charge is 0.152 e. The number of sulfone groups is 1. The molecule has 112 valence electrons. The first kappa shape index (κ1) is 14.7. The van der Waals surface area contributed by atoms with Gasteiger partial charge in [-0.25, -0.2) is 8.42 Å². The summed E-state index contributed by atoms with van der Waals surface area (Å²) in [5.41, 5.74) is 7.60. The lowest BCUT2D eigenvalue weighted by molar-refractivity contribution is 0.501. The van der Waals surface area contributed by atoms with Gasteiger partial charge in [0.25, 0.3) is 0 Å². The molecule has 2 N–H and O–H groups in total. The first-order valence-corrected chi connectivity index (χ1v) is 8.94. The lowest BCUT2D eigenvalue weighted by atomic mass is 10.1. The molecule has 1 unspecified atom stereocenters. The van der Waals surface area contributed by atoms with Gasteiger partial charge in [0.2, 0.25) is 0 Å². The average Bonchev–Trinajstić information content (AvgIpc) is 2.96. The summed E-state index contributed by atoms with van der Waals surface area (Å²) in [5, 5.41) is 5.22. The molecule has 1 aromatic heterocycles. The van der Waals surface area contributed by atoms with Crippen LogP contribution >= 0.6 is 23.2 Å². The van der Waals surface area contributed by atoms with Crippen LogP contribution in [0.5, 0.6) is 0 Å². The van der Waals surface area contributed by atoms with Crippen molar-refractivity contribution >= 4 is 38.7 Å². The summed E-state index contributed by atoms with van der Waals surface area (Å²) in [6, 6.07) is 5.05. The highest BCUT2D eigenvalue weighted by molar-refractivity contribution is 7.91. The molecule has 1 aliphatic rings. The third kappa shape index (κ3) is 2.75. The second-order valence-corrected chi connectivity index (χ2v) is 8.09. The number of nitrogens with two attached hydrogens (primary N) is 1. The Morgan fingerprint density at radius 3 is 2.76 bits per heavy atom. The van der Waals surface area contributed by atoms with Crippen LogP contribution in [0.2, 0.25) is 10.0 Å². The quantitative estimate of drug-likeness (QED) is 0.907. The number of hydrogen-bond acceptors (Lipinski definition) is 4. The maximum atomic E-state index is 11.6. The Hall–Kier alpha value is -1.24. The summed E-state index contributed by atoms with van der Waals surface area (Å²) in [6.45, 7) is 0. The number of benzene rings is 1. The van der Waals surface area contributed by atoms with Gasteiger partial charge in [-0.2, -0.15) is 5.10 Å². The van der Waals surface area contributed by atoms with Gasteiger partial charge in [-0.05, 0) is 12.5 Å². The molecule has 1 saturated heterocycles. The van der Waals surface area contributed by atoms with E-state index < -0.39 is 9.84 Å². The van der Waals surface area contributed by atoms with Gasteiger partial charge in [-0.15, -0.1) is 0 Å². The monoisotopic (exact) mass is 345 g/mol. The molecular weight excluding hydrogens is 333 g/mol. The fourth-order valence-corrected chi connectivity index (χ4v) is 4.57. The van der Waals surface area contributed by atoms with Crippen molar-refractivity contribution in [2.24, 2.45) is 0 Å². The van der Waals surface area contributed by atoms with Gasteiger partial charge in [-0.3, -0.25) is 4.68 Å². The second kappa shape index (κ2) is 5.19. The molecule has 0 saturated carbocycles. The largest absolute Gasteiger partial charge is 0.396 e. The Bertz CT molecular complexity index is 802. The van der Waals surface area contributed by atoms with Gasteiger partial charge in [0, 0.05) is 11.8 Å². The molecule has 0 aliphatic carbocycles. The fraction of sp³-hybridized carbons (Fsp3) is 0.308. The van der Waals surface area contributed by atoms with Crippen LogP contribution in [0.15, 0.2) is 24.4 Å². The third-order valence-corrected chi connectivity index (χ3v) is 6.12. The van der Waals surface area contributed by atoms with Crippen molar-refractivity contribution in [3.05, 3.63) is 34.4 Å². The SMILES string of the molecule is Nc1cn(C2CCS(=O)(=O)C2)nc1-c1cccc(Cl)c1Cl. The lowest BCUT2D eigenvalue weighted by Gasteiger charge is -2.07. The van der Waals surface area contributed by atoms with Crippen LogP contribution < -0.4 is 5.73 Å². The molecule has 1 aliphatic heterocycles. The summed E-state index contributed by atoms with van der Waals surface area (Å²) in [6.07, 6.45) is 2.20. The Morgan fingerprint density at radius 2 is 2.10 bits per heavy atom. The van der Waals surface area contributed by atoms with Gasteiger partial charge in [0.15, 0.2) is 9.84 Å². The molecule has 1 atom stereocenters. The zero-order chi connectivity index (χ0) is 15.2. The normalized spacial score (nSPS) is 20.8. The van der Waals surface area contributed by atoms with E-state index in [0.29, 0.717) is 33.4 Å². The fourth-order valence-electron chi connectivity index (χ4n) is 2.47. The van der Waals surface area contributed by atoms with Crippen LogP contribution in [0.4, 0.5) is 5.69 Å². The number of nitrogens with zero attached hydrogens (tertiary/aromatic N) is 2. The van der Waals surface area contributed by atoms with Gasteiger partial charge in [0.1, 0.15) is 5.69 Å². The maximum absolute atomic E-state index is 11.6. The van der Waals surface area contributed by atoms with Crippen LogP contribution in [-0.2, 0) is 9.84 Å². The Labute approximate surface area is 132 Å². The number of hydrogen-bond donors (Lipinski definition) is 1. The number of aromatic nitrogens is 2. The Kier molecular flexibility index (Phi) is 3.63. The molecular formula is C13H13Cl2N3O2S. The van der Waals surface area contributed by atoms with Crippen molar-refractivity contribution in [1.29, 1.82) is 0 Å². The highest BCUT2D eigenvalue weighted by Gasteiger charge is 2.30. The number of nitrogen functional groups attached to an aromatic ring is 1. The van der Waals surface area contributed by atoms with Crippen LogP contribution in [0, 0.1) is 0 Å². The minimum Gasteiger partial charge on any atom is -0.396 e.